The molecule has 6 nitrogen and oxygen atoms in total. The SMILES string of the molecule is CC(=O)Oc1c(I)cc(C(OC(C)=O)C(F)(F)C(=O)O)cc1I. The number of rotatable bonds is 5. The Morgan fingerprint density at radius 1 is 1.13 bits per heavy atom. The summed E-state index contributed by atoms with van der Waals surface area (Å²) in [5, 5.41) is 8.68. The largest absolute Gasteiger partial charge is 0.477 e. The van der Waals surface area contributed by atoms with Crippen LogP contribution in [0.2, 0.25) is 0 Å². The van der Waals surface area contributed by atoms with Gasteiger partial charge in [0.1, 0.15) is 0 Å². The van der Waals surface area contributed by atoms with Crippen molar-refractivity contribution < 1.29 is 37.7 Å². The summed E-state index contributed by atoms with van der Waals surface area (Å²) in [6.45, 7) is 2.08. The number of carbonyl (C=O) groups is 3. The van der Waals surface area contributed by atoms with Gasteiger partial charge in [-0.25, -0.2) is 4.79 Å². The van der Waals surface area contributed by atoms with Gasteiger partial charge in [0.15, 0.2) is 5.75 Å². The number of alkyl halides is 2. The van der Waals surface area contributed by atoms with Gasteiger partial charge in [0.2, 0.25) is 6.10 Å². The molecule has 1 N–H and O–H groups in total. The van der Waals surface area contributed by atoms with E-state index >= 15 is 0 Å². The number of aliphatic carboxylic acids is 1. The molecule has 1 unspecified atom stereocenters. The molecule has 1 aromatic rings. The molecule has 126 valence electrons. The average Bonchev–Trinajstić information content (AvgIpc) is 2.39. The highest BCUT2D eigenvalue weighted by atomic mass is 127. The van der Waals surface area contributed by atoms with Crippen LogP contribution in [-0.2, 0) is 19.1 Å². The van der Waals surface area contributed by atoms with Crippen molar-refractivity contribution >= 4 is 63.1 Å². The molecule has 0 bridgehead atoms. The molecule has 0 saturated heterocycles. The zero-order valence-electron chi connectivity index (χ0n) is 11.7. The Bertz CT molecular complexity index is 639. The van der Waals surface area contributed by atoms with Crippen molar-refractivity contribution in [1.29, 1.82) is 0 Å². The maximum absolute atomic E-state index is 13.9. The summed E-state index contributed by atoms with van der Waals surface area (Å²) >= 11 is 3.49. The first-order valence-corrected chi connectivity index (χ1v) is 8.08. The van der Waals surface area contributed by atoms with Gasteiger partial charge in [-0.15, -0.1) is 0 Å². The summed E-state index contributed by atoms with van der Waals surface area (Å²) in [6, 6.07) is 2.34. The first-order chi connectivity index (χ1) is 10.5. The Balaban J connectivity index is 3.41. The highest BCUT2D eigenvalue weighted by Gasteiger charge is 2.51. The van der Waals surface area contributed by atoms with E-state index in [4.69, 9.17) is 9.84 Å². The molecular formula is C13H10F2I2O6. The summed E-state index contributed by atoms with van der Waals surface area (Å²) in [5.41, 5.74) is -0.225. The van der Waals surface area contributed by atoms with Crippen LogP contribution in [0.1, 0.15) is 25.5 Å². The first-order valence-electron chi connectivity index (χ1n) is 5.92. The van der Waals surface area contributed by atoms with Gasteiger partial charge in [-0.05, 0) is 57.3 Å². The van der Waals surface area contributed by atoms with Crippen molar-refractivity contribution in [1.82, 2.24) is 0 Å². The number of halogens is 4. The molecule has 1 atom stereocenters. The molecule has 10 heteroatoms. The minimum atomic E-state index is -4.32. The molecule has 0 spiro atoms. The normalized spacial score (nSPS) is 12.4. The highest BCUT2D eigenvalue weighted by Crippen LogP contribution is 2.39. The van der Waals surface area contributed by atoms with Crippen molar-refractivity contribution in [2.45, 2.75) is 25.9 Å². The van der Waals surface area contributed by atoms with E-state index in [1.807, 2.05) is 0 Å². The Labute approximate surface area is 156 Å². The molecule has 1 rings (SSSR count). The minimum Gasteiger partial charge on any atom is -0.477 e. The molecule has 1 aromatic carbocycles. The fourth-order valence-electron chi connectivity index (χ4n) is 1.60. The number of hydrogen-bond donors (Lipinski definition) is 1. The monoisotopic (exact) mass is 554 g/mol. The molecule has 0 fully saturated rings. The number of carboxylic acids is 1. The number of carbonyl (C=O) groups excluding carboxylic acids is 2. The Kier molecular flexibility index (Phi) is 6.68. The number of benzene rings is 1. The Hall–Kier alpha value is -1.05. The molecule has 0 aliphatic rings. The maximum Gasteiger partial charge on any atom is 0.382 e. The van der Waals surface area contributed by atoms with Gasteiger partial charge in [-0.1, -0.05) is 0 Å². The van der Waals surface area contributed by atoms with Crippen LogP contribution in [0.4, 0.5) is 8.78 Å². The lowest BCUT2D eigenvalue weighted by molar-refractivity contribution is -0.193. The number of hydrogen-bond acceptors (Lipinski definition) is 5. The van der Waals surface area contributed by atoms with Crippen LogP contribution in [0.25, 0.3) is 0 Å². The van der Waals surface area contributed by atoms with E-state index < -0.39 is 29.9 Å². The van der Waals surface area contributed by atoms with E-state index in [1.54, 1.807) is 45.2 Å². The third kappa shape index (κ3) is 4.96. The standard InChI is InChI=1S/C13H10F2I2O6/c1-5(18)22-10-8(16)3-7(4-9(10)17)11(23-6(2)19)13(14,15)12(20)21/h3-4,11H,1-2H3,(H,20,21). The molecule has 0 saturated carbocycles. The molecule has 0 aliphatic heterocycles. The summed E-state index contributed by atoms with van der Waals surface area (Å²) in [5.74, 6) is -8.23. The van der Waals surface area contributed by atoms with Gasteiger partial charge in [0.25, 0.3) is 0 Å². The van der Waals surface area contributed by atoms with Gasteiger partial charge < -0.3 is 14.6 Å². The summed E-state index contributed by atoms with van der Waals surface area (Å²) in [6.07, 6.45) is -2.30. The maximum atomic E-state index is 13.9. The van der Waals surface area contributed by atoms with E-state index in [2.05, 4.69) is 4.74 Å². The predicted octanol–water partition coefficient (Wildman–Crippen LogP) is 3.15. The topological polar surface area (TPSA) is 89.9 Å². The fourth-order valence-corrected chi connectivity index (χ4v) is 3.64. The minimum absolute atomic E-state index is 0.155. The van der Waals surface area contributed by atoms with Crippen LogP contribution in [0, 0.1) is 7.14 Å². The lowest BCUT2D eigenvalue weighted by atomic mass is 10.0. The van der Waals surface area contributed by atoms with E-state index in [1.165, 1.54) is 19.1 Å². The zero-order valence-corrected chi connectivity index (χ0v) is 16.0. The lowest BCUT2D eigenvalue weighted by Gasteiger charge is -2.24. The third-order valence-corrected chi connectivity index (χ3v) is 4.07. The second-order valence-electron chi connectivity index (χ2n) is 4.32. The van der Waals surface area contributed by atoms with Crippen LogP contribution in [0.5, 0.6) is 5.75 Å². The van der Waals surface area contributed by atoms with E-state index in [9.17, 15) is 23.2 Å². The fraction of sp³-hybridized carbons (Fsp3) is 0.308. The second-order valence-corrected chi connectivity index (χ2v) is 6.65. The van der Waals surface area contributed by atoms with E-state index in [0.29, 0.717) is 0 Å². The van der Waals surface area contributed by atoms with E-state index in [-0.39, 0.29) is 18.5 Å². The lowest BCUT2D eigenvalue weighted by Crippen LogP contribution is -2.38. The van der Waals surface area contributed by atoms with Gasteiger partial charge >= 0.3 is 23.8 Å². The molecule has 23 heavy (non-hydrogen) atoms. The smallest absolute Gasteiger partial charge is 0.382 e. The van der Waals surface area contributed by atoms with Crippen molar-refractivity contribution in [2.24, 2.45) is 0 Å². The average molecular weight is 554 g/mol. The number of ether oxygens (including phenoxy) is 2. The predicted molar refractivity (Wildman–Crippen MR) is 90.3 cm³/mol. The molecular weight excluding hydrogens is 544 g/mol. The van der Waals surface area contributed by atoms with Crippen molar-refractivity contribution in [3.05, 3.63) is 24.8 Å². The molecule has 0 aliphatic carbocycles. The summed E-state index contributed by atoms with van der Waals surface area (Å²) in [4.78, 5) is 32.9. The third-order valence-electron chi connectivity index (χ3n) is 2.47. The first kappa shape index (κ1) is 20.0. The summed E-state index contributed by atoms with van der Waals surface area (Å²) in [7, 11) is 0. The van der Waals surface area contributed by atoms with Gasteiger partial charge in [0.05, 0.1) is 7.14 Å². The quantitative estimate of drug-likeness (QED) is 0.342. The molecule has 0 amide bonds. The number of carboxylic acid groups (broad SMARTS) is 1. The number of esters is 2. The van der Waals surface area contributed by atoms with Crippen LogP contribution >= 0.6 is 45.2 Å². The second kappa shape index (κ2) is 7.68. The van der Waals surface area contributed by atoms with Crippen LogP contribution in [0.15, 0.2) is 12.1 Å². The van der Waals surface area contributed by atoms with Gasteiger partial charge in [-0.3, -0.25) is 9.59 Å². The molecule has 0 aromatic heterocycles. The zero-order chi connectivity index (χ0) is 17.9. The summed E-state index contributed by atoms with van der Waals surface area (Å²) < 4.78 is 37.8. The van der Waals surface area contributed by atoms with Gasteiger partial charge in [0, 0.05) is 19.4 Å². The van der Waals surface area contributed by atoms with Crippen LogP contribution in [0.3, 0.4) is 0 Å². The van der Waals surface area contributed by atoms with Gasteiger partial charge in [-0.2, -0.15) is 8.78 Å². The Morgan fingerprint density at radius 2 is 1.61 bits per heavy atom. The van der Waals surface area contributed by atoms with Crippen molar-refractivity contribution in [3.8, 4) is 5.75 Å². The van der Waals surface area contributed by atoms with E-state index in [0.717, 1.165) is 6.92 Å². The van der Waals surface area contributed by atoms with Crippen LogP contribution in [-0.4, -0.2) is 28.9 Å². The molecule has 0 heterocycles. The Morgan fingerprint density at radius 3 is 1.96 bits per heavy atom. The van der Waals surface area contributed by atoms with Crippen molar-refractivity contribution in [2.75, 3.05) is 0 Å². The van der Waals surface area contributed by atoms with Crippen molar-refractivity contribution in [3.63, 3.8) is 0 Å². The highest BCUT2D eigenvalue weighted by molar-refractivity contribution is 14.1. The van der Waals surface area contributed by atoms with Crippen LogP contribution < -0.4 is 4.74 Å². The molecule has 0 radical (unpaired) electrons.